The van der Waals surface area contributed by atoms with Gasteiger partial charge in [-0.25, -0.2) is 4.90 Å². The maximum absolute atomic E-state index is 13.6. The van der Waals surface area contributed by atoms with Gasteiger partial charge in [0, 0.05) is 10.6 Å². The van der Waals surface area contributed by atoms with Gasteiger partial charge in [-0.2, -0.15) is 0 Å². The van der Waals surface area contributed by atoms with Crippen LogP contribution in [0.1, 0.15) is 12.0 Å². The molecule has 5 rings (SSSR count). The average Bonchev–Trinajstić information content (AvgIpc) is 3.27. The predicted octanol–water partition coefficient (Wildman–Crippen LogP) is 0.114. The van der Waals surface area contributed by atoms with Gasteiger partial charge in [-0.15, -0.1) is 0 Å². The predicted molar refractivity (Wildman–Crippen MR) is 107 cm³/mol. The number of anilines is 2. The summed E-state index contributed by atoms with van der Waals surface area (Å²) < 4.78 is 0. The van der Waals surface area contributed by atoms with Crippen LogP contribution in [0.5, 0.6) is 0 Å². The molecule has 2 aromatic carbocycles. The van der Waals surface area contributed by atoms with Crippen molar-refractivity contribution in [3.63, 3.8) is 0 Å². The van der Waals surface area contributed by atoms with Gasteiger partial charge in [0.15, 0.2) is 0 Å². The van der Waals surface area contributed by atoms with Crippen LogP contribution in [0.15, 0.2) is 48.5 Å². The number of nitrogens with one attached hydrogen (secondary N) is 1. The Morgan fingerprint density at radius 2 is 1.80 bits per heavy atom. The molecular weight excluding hydrogens is 408 g/mol. The summed E-state index contributed by atoms with van der Waals surface area (Å²) in [5.41, 5.74) is 5.72. The Kier molecular flexibility index (Phi) is 4.00. The van der Waals surface area contributed by atoms with Crippen molar-refractivity contribution in [1.29, 1.82) is 0 Å². The van der Waals surface area contributed by atoms with E-state index in [2.05, 4.69) is 5.32 Å². The number of hydrogen-bond donors (Lipinski definition) is 3. The van der Waals surface area contributed by atoms with E-state index in [9.17, 15) is 19.2 Å². The molecule has 1 spiro atoms. The van der Waals surface area contributed by atoms with Crippen molar-refractivity contribution in [2.24, 2.45) is 17.6 Å². The molecule has 2 saturated heterocycles. The van der Waals surface area contributed by atoms with E-state index in [4.69, 9.17) is 17.3 Å². The number of halogens is 1. The first-order chi connectivity index (χ1) is 14.3. The number of hydrogen-bond acceptors (Lipinski definition) is 4. The summed E-state index contributed by atoms with van der Waals surface area (Å²) in [6, 6.07) is 12.8. The van der Waals surface area contributed by atoms with E-state index in [1.165, 1.54) is 0 Å². The summed E-state index contributed by atoms with van der Waals surface area (Å²) in [5.74, 6) is -3.67. The second-order valence-corrected chi connectivity index (χ2v) is 8.30. The van der Waals surface area contributed by atoms with Crippen LogP contribution < -0.4 is 21.3 Å². The molecule has 152 valence electrons. The SMILES string of the molecule is NC(=O)C[C@H]1[NH2+][C@]2(C(=O)Nc3ccccc32)[C@@H]2C(=O)N(c3ccc(Cl)cc3)C(=O)[C@@H]21. The highest BCUT2D eigenvalue weighted by Crippen LogP contribution is 2.50. The minimum atomic E-state index is -1.32. The highest BCUT2D eigenvalue weighted by atomic mass is 35.5. The van der Waals surface area contributed by atoms with Crippen molar-refractivity contribution in [3.8, 4) is 0 Å². The first-order valence-electron chi connectivity index (χ1n) is 9.53. The number of quaternary nitrogens is 1. The molecule has 30 heavy (non-hydrogen) atoms. The van der Waals surface area contributed by atoms with Gasteiger partial charge in [-0.3, -0.25) is 19.2 Å². The number of imide groups is 1. The zero-order valence-electron chi connectivity index (χ0n) is 15.7. The van der Waals surface area contributed by atoms with Crippen LogP contribution >= 0.6 is 11.6 Å². The van der Waals surface area contributed by atoms with Crippen LogP contribution in [-0.4, -0.2) is 29.7 Å². The largest absolute Gasteiger partial charge is 0.369 e. The van der Waals surface area contributed by atoms with Gasteiger partial charge in [0.1, 0.15) is 17.9 Å². The Bertz CT molecular complexity index is 1120. The van der Waals surface area contributed by atoms with Crippen LogP contribution in [0, 0.1) is 11.8 Å². The van der Waals surface area contributed by atoms with E-state index in [-0.39, 0.29) is 12.3 Å². The van der Waals surface area contributed by atoms with Crippen LogP contribution in [0.25, 0.3) is 0 Å². The van der Waals surface area contributed by atoms with E-state index >= 15 is 0 Å². The Morgan fingerprint density at radius 3 is 2.50 bits per heavy atom. The molecule has 0 radical (unpaired) electrons. The van der Waals surface area contributed by atoms with E-state index < -0.39 is 41.1 Å². The fraction of sp³-hybridized carbons (Fsp3) is 0.238. The van der Waals surface area contributed by atoms with Crippen molar-refractivity contribution in [1.82, 2.24) is 0 Å². The topological polar surface area (TPSA) is 126 Å². The van der Waals surface area contributed by atoms with Gasteiger partial charge in [0.25, 0.3) is 5.91 Å². The number of amides is 4. The van der Waals surface area contributed by atoms with Crippen molar-refractivity contribution in [3.05, 3.63) is 59.1 Å². The number of nitrogens with two attached hydrogens (primary N) is 2. The standard InChI is InChI=1S/C21H17ClN4O4/c22-10-5-7-11(8-6-10)26-18(28)16-14(9-15(23)27)25-21(17(16)19(26)29)12-3-1-2-4-13(12)24-20(21)30/h1-8,14,16-17,25H,9H2,(H2,23,27)(H,24,30)/p+1/t14-,16-,17+,21+/m1/s1. The van der Waals surface area contributed by atoms with E-state index in [1.54, 1.807) is 53.8 Å². The van der Waals surface area contributed by atoms with Crippen LogP contribution in [0.4, 0.5) is 11.4 Å². The smallest absolute Gasteiger partial charge is 0.291 e. The molecule has 9 heteroatoms. The zero-order chi connectivity index (χ0) is 21.2. The quantitative estimate of drug-likeness (QED) is 0.603. The maximum Gasteiger partial charge on any atom is 0.291 e. The number of nitrogens with zero attached hydrogens (tertiary/aromatic N) is 1. The Balaban J connectivity index is 1.67. The Hall–Kier alpha value is -3.23. The number of fused-ring (bicyclic) bond motifs is 4. The number of primary amides is 1. The summed E-state index contributed by atoms with van der Waals surface area (Å²) in [6.07, 6.45) is -0.119. The van der Waals surface area contributed by atoms with Gasteiger partial charge < -0.3 is 16.4 Å². The van der Waals surface area contributed by atoms with Crippen LogP contribution in [0.2, 0.25) is 5.02 Å². The van der Waals surface area contributed by atoms with Gasteiger partial charge >= 0.3 is 0 Å². The van der Waals surface area contributed by atoms with E-state index in [1.807, 2.05) is 0 Å². The van der Waals surface area contributed by atoms with Crippen LogP contribution in [-0.2, 0) is 24.7 Å². The van der Waals surface area contributed by atoms with Gasteiger partial charge in [0.2, 0.25) is 23.3 Å². The van der Waals surface area contributed by atoms with E-state index in [0.717, 1.165) is 4.90 Å². The molecule has 8 nitrogen and oxygen atoms in total. The number of rotatable bonds is 3. The zero-order valence-corrected chi connectivity index (χ0v) is 16.4. The molecule has 4 amide bonds. The lowest BCUT2D eigenvalue weighted by Crippen LogP contribution is -2.99. The van der Waals surface area contributed by atoms with Crippen molar-refractivity contribution in [2.45, 2.75) is 18.0 Å². The average molecular weight is 426 g/mol. The molecule has 0 saturated carbocycles. The summed E-state index contributed by atoms with van der Waals surface area (Å²) in [7, 11) is 0. The fourth-order valence-electron chi connectivity index (χ4n) is 5.18. The highest BCUT2D eigenvalue weighted by molar-refractivity contribution is 6.31. The van der Waals surface area contributed by atoms with E-state index in [0.29, 0.717) is 22.0 Å². The monoisotopic (exact) mass is 425 g/mol. The van der Waals surface area contributed by atoms with Crippen LogP contribution in [0.3, 0.4) is 0 Å². The highest BCUT2D eigenvalue weighted by Gasteiger charge is 2.74. The minimum absolute atomic E-state index is 0.119. The Labute approximate surface area is 176 Å². The minimum Gasteiger partial charge on any atom is -0.369 e. The molecule has 0 bridgehead atoms. The Morgan fingerprint density at radius 1 is 1.10 bits per heavy atom. The number of carbonyl (C=O) groups excluding carboxylic acids is 4. The number of benzene rings is 2. The molecule has 5 N–H and O–H groups in total. The van der Waals surface area contributed by atoms with Crippen molar-refractivity contribution < 1.29 is 24.5 Å². The second kappa shape index (κ2) is 6.38. The van der Waals surface area contributed by atoms with Crippen molar-refractivity contribution >= 4 is 46.6 Å². The number of para-hydroxylation sites is 1. The second-order valence-electron chi connectivity index (χ2n) is 7.86. The summed E-state index contributed by atoms with van der Waals surface area (Å²) in [6.45, 7) is 0. The molecule has 0 aromatic heterocycles. The lowest BCUT2D eigenvalue weighted by atomic mass is 9.76. The molecule has 3 heterocycles. The summed E-state index contributed by atoms with van der Waals surface area (Å²) in [4.78, 5) is 53.0. The lowest BCUT2D eigenvalue weighted by Gasteiger charge is -2.26. The van der Waals surface area contributed by atoms with Crippen molar-refractivity contribution in [2.75, 3.05) is 10.2 Å². The molecule has 0 unspecified atom stereocenters. The molecular formula is C21H18ClN4O4+. The normalized spacial score (nSPS) is 29.3. The third-order valence-electron chi connectivity index (χ3n) is 6.30. The first kappa shape index (κ1) is 18.8. The first-order valence-corrected chi connectivity index (χ1v) is 9.91. The van der Waals surface area contributed by atoms with Gasteiger partial charge in [-0.05, 0) is 30.3 Å². The summed E-state index contributed by atoms with van der Waals surface area (Å²) in [5, 5.41) is 4.98. The molecule has 0 aliphatic carbocycles. The van der Waals surface area contributed by atoms with Gasteiger partial charge in [0.05, 0.1) is 17.8 Å². The lowest BCUT2D eigenvalue weighted by molar-refractivity contribution is -0.732. The maximum atomic E-state index is 13.6. The molecule has 3 aliphatic heterocycles. The molecule has 2 fully saturated rings. The third kappa shape index (κ3) is 2.37. The molecule has 3 aliphatic rings. The molecule has 4 atom stereocenters. The summed E-state index contributed by atoms with van der Waals surface area (Å²) >= 11 is 5.94. The van der Waals surface area contributed by atoms with Gasteiger partial charge in [-0.1, -0.05) is 29.8 Å². The molecule has 2 aromatic rings. The third-order valence-corrected chi connectivity index (χ3v) is 6.55. The number of carbonyl (C=O) groups is 4. The fourth-order valence-corrected chi connectivity index (χ4v) is 5.31.